The van der Waals surface area contributed by atoms with Crippen molar-refractivity contribution in [3.05, 3.63) is 65.6 Å². The first kappa shape index (κ1) is 26.1. The van der Waals surface area contributed by atoms with Gasteiger partial charge in [-0.1, -0.05) is 23.7 Å². The highest BCUT2D eigenvalue weighted by Crippen LogP contribution is 2.38. The van der Waals surface area contributed by atoms with Gasteiger partial charge in [0.2, 0.25) is 5.95 Å². The lowest BCUT2D eigenvalue weighted by Gasteiger charge is -2.42. The summed E-state index contributed by atoms with van der Waals surface area (Å²) in [6.45, 7) is 7.34. The summed E-state index contributed by atoms with van der Waals surface area (Å²) in [5.74, 6) is 0.540. The number of aryl methyl sites for hydroxylation is 1. The molecular formula is C28H35ClN8O2. The molecule has 0 spiro atoms. The zero-order valence-electron chi connectivity index (χ0n) is 22.0. The molecule has 2 saturated heterocycles. The summed E-state index contributed by atoms with van der Waals surface area (Å²) in [7, 11) is 0. The number of hydrogen-bond donors (Lipinski definition) is 2. The van der Waals surface area contributed by atoms with E-state index in [-0.39, 0.29) is 12.0 Å². The summed E-state index contributed by atoms with van der Waals surface area (Å²) in [5, 5.41) is 23.5. The van der Waals surface area contributed by atoms with Gasteiger partial charge in [0.15, 0.2) is 5.65 Å². The lowest BCUT2D eigenvalue weighted by Crippen LogP contribution is -2.45. The van der Waals surface area contributed by atoms with Gasteiger partial charge in [-0.2, -0.15) is 10.1 Å². The maximum Gasteiger partial charge on any atom is 0.247 e. The third-order valence-corrected chi connectivity index (χ3v) is 8.27. The van der Waals surface area contributed by atoms with E-state index in [9.17, 15) is 5.11 Å². The number of fused-ring (bicyclic) bond motifs is 1. The number of nitrogens with one attached hydrogen (secondary N) is 1. The molecule has 1 aromatic carbocycles. The van der Waals surface area contributed by atoms with Gasteiger partial charge in [-0.15, -0.1) is 5.10 Å². The normalized spacial score (nSPS) is 18.1. The van der Waals surface area contributed by atoms with Crippen LogP contribution in [0.15, 0.2) is 55.0 Å². The van der Waals surface area contributed by atoms with Crippen LogP contribution in [0.2, 0.25) is 5.02 Å². The number of aliphatic hydroxyl groups excluding tert-OH is 1. The number of rotatable bonds is 9. The van der Waals surface area contributed by atoms with Gasteiger partial charge in [0.1, 0.15) is 0 Å². The van der Waals surface area contributed by atoms with Gasteiger partial charge in [-0.05, 0) is 49.1 Å². The van der Waals surface area contributed by atoms with E-state index in [2.05, 4.69) is 31.4 Å². The van der Waals surface area contributed by atoms with Gasteiger partial charge < -0.3 is 20.1 Å². The molecule has 0 radical (unpaired) electrons. The van der Waals surface area contributed by atoms with Crippen LogP contribution < -0.4 is 10.2 Å². The SMILES string of the molecule is OCC1(c2ccc(Cl)cc2)CCN(c2cccn3nc(Nc4cnn(CCCN5CCOCC5)c4)nc23)CC1. The Morgan fingerprint density at radius 2 is 1.82 bits per heavy atom. The lowest BCUT2D eigenvalue weighted by molar-refractivity contribution is 0.0368. The Balaban J connectivity index is 1.10. The van der Waals surface area contributed by atoms with Crippen molar-refractivity contribution in [2.24, 2.45) is 0 Å². The molecular weight excluding hydrogens is 516 g/mol. The van der Waals surface area contributed by atoms with E-state index < -0.39 is 0 Å². The number of ether oxygens (including phenoxy) is 1. The maximum absolute atomic E-state index is 10.3. The Hall–Kier alpha value is -3.18. The molecule has 10 nitrogen and oxygen atoms in total. The Labute approximate surface area is 233 Å². The van der Waals surface area contributed by atoms with Crippen molar-refractivity contribution in [2.75, 3.05) is 62.8 Å². The van der Waals surface area contributed by atoms with Crippen molar-refractivity contribution in [3.8, 4) is 0 Å². The molecule has 2 fully saturated rings. The summed E-state index contributed by atoms with van der Waals surface area (Å²) in [6.07, 6.45) is 8.47. The molecule has 3 aromatic heterocycles. The predicted octanol–water partition coefficient (Wildman–Crippen LogP) is 3.58. The van der Waals surface area contributed by atoms with E-state index in [1.54, 1.807) is 0 Å². The highest BCUT2D eigenvalue weighted by Gasteiger charge is 2.36. The van der Waals surface area contributed by atoms with Crippen molar-refractivity contribution in [1.29, 1.82) is 0 Å². The summed E-state index contributed by atoms with van der Waals surface area (Å²) in [4.78, 5) is 9.60. The van der Waals surface area contributed by atoms with Crippen molar-refractivity contribution in [3.63, 3.8) is 0 Å². The molecule has 5 heterocycles. The predicted molar refractivity (Wildman–Crippen MR) is 152 cm³/mol. The Morgan fingerprint density at radius 1 is 1.03 bits per heavy atom. The Bertz CT molecular complexity index is 1370. The molecule has 0 saturated carbocycles. The van der Waals surface area contributed by atoms with Crippen LogP contribution in [0.3, 0.4) is 0 Å². The molecule has 0 aliphatic carbocycles. The molecule has 0 unspecified atom stereocenters. The molecule has 39 heavy (non-hydrogen) atoms. The first-order valence-corrected chi connectivity index (χ1v) is 14.1. The first-order valence-electron chi connectivity index (χ1n) is 13.7. The minimum Gasteiger partial charge on any atom is -0.395 e. The molecule has 4 aromatic rings. The van der Waals surface area contributed by atoms with Gasteiger partial charge in [0, 0.05) is 62.1 Å². The minimum atomic E-state index is -0.255. The molecule has 2 aliphatic rings. The van der Waals surface area contributed by atoms with Gasteiger partial charge >= 0.3 is 0 Å². The molecule has 2 aliphatic heterocycles. The smallest absolute Gasteiger partial charge is 0.247 e. The average Bonchev–Trinajstić information content (AvgIpc) is 3.60. The number of aromatic nitrogens is 5. The summed E-state index contributed by atoms with van der Waals surface area (Å²) in [5.41, 5.74) is 3.60. The van der Waals surface area contributed by atoms with Crippen LogP contribution in [0.1, 0.15) is 24.8 Å². The van der Waals surface area contributed by atoms with Crippen molar-refractivity contribution < 1.29 is 9.84 Å². The van der Waals surface area contributed by atoms with Crippen LogP contribution in [-0.2, 0) is 16.7 Å². The van der Waals surface area contributed by atoms with E-state index in [1.807, 2.05) is 58.1 Å². The van der Waals surface area contributed by atoms with E-state index in [0.717, 1.165) is 94.3 Å². The van der Waals surface area contributed by atoms with E-state index in [4.69, 9.17) is 21.3 Å². The molecule has 0 bridgehead atoms. The van der Waals surface area contributed by atoms with E-state index >= 15 is 0 Å². The number of nitrogens with zero attached hydrogens (tertiary/aromatic N) is 7. The highest BCUT2D eigenvalue weighted by atomic mass is 35.5. The zero-order chi connectivity index (χ0) is 26.7. The quantitative estimate of drug-likeness (QED) is 0.326. The van der Waals surface area contributed by atoms with E-state index in [0.29, 0.717) is 11.0 Å². The first-order chi connectivity index (χ1) is 19.1. The summed E-state index contributed by atoms with van der Waals surface area (Å²) < 4.78 is 9.21. The van der Waals surface area contributed by atoms with Crippen LogP contribution >= 0.6 is 11.6 Å². The minimum absolute atomic E-state index is 0.118. The second kappa shape index (κ2) is 11.5. The number of morpholine rings is 1. The topological polar surface area (TPSA) is 96.0 Å². The standard InChI is InChI=1S/C28H35ClN8O2/c29-23-6-4-22(5-7-23)28(21-38)8-13-35(14-9-28)25-3-1-12-37-26(25)32-27(33-37)31-24-19-30-36(20-24)11-2-10-34-15-17-39-18-16-34/h1,3-7,12,19-20,38H,2,8-11,13-18,21H2,(H,31,33). The molecule has 6 rings (SSSR count). The number of benzene rings is 1. The monoisotopic (exact) mass is 550 g/mol. The molecule has 11 heteroatoms. The maximum atomic E-state index is 10.3. The van der Waals surface area contributed by atoms with Gasteiger partial charge in [0.25, 0.3) is 0 Å². The third-order valence-electron chi connectivity index (χ3n) is 8.02. The Kier molecular flexibility index (Phi) is 7.69. The van der Waals surface area contributed by atoms with Gasteiger partial charge in [-0.3, -0.25) is 9.58 Å². The summed E-state index contributed by atoms with van der Waals surface area (Å²) in [6, 6.07) is 12.0. The second-order valence-corrected chi connectivity index (χ2v) is 10.9. The number of anilines is 3. The van der Waals surface area contributed by atoms with Crippen molar-refractivity contribution in [1.82, 2.24) is 29.3 Å². The number of piperidine rings is 1. The zero-order valence-corrected chi connectivity index (χ0v) is 22.8. The summed E-state index contributed by atoms with van der Waals surface area (Å²) >= 11 is 6.10. The molecule has 0 atom stereocenters. The van der Waals surface area contributed by atoms with Crippen LogP contribution in [0.5, 0.6) is 0 Å². The number of pyridine rings is 1. The van der Waals surface area contributed by atoms with Crippen LogP contribution in [0, 0.1) is 0 Å². The fourth-order valence-corrected chi connectivity index (χ4v) is 5.80. The number of halogens is 1. The average molecular weight is 551 g/mol. The van der Waals surface area contributed by atoms with Gasteiger partial charge in [-0.25, -0.2) is 4.52 Å². The number of hydrogen-bond acceptors (Lipinski definition) is 8. The van der Waals surface area contributed by atoms with Crippen LogP contribution in [0.4, 0.5) is 17.3 Å². The molecule has 0 amide bonds. The van der Waals surface area contributed by atoms with E-state index in [1.165, 1.54) is 0 Å². The van der Waals surface area contributed by atoms with Crippen molar-refractivity contribution in [2.45, 2.75) is 31.2 Å². The number of aliphatic hydroxyl groups is 1. The van der Waals surface area contributed by atoms with Crippen molar-refractivity contribution >= 4 is 34.6 Å². The molecule has 206 valence electrons. The molecule has 2 N–H and O–H groups in total. The highest BCUT2D eigenvalue weighted by molar-refractivity contribution is 6.30. The third kappa shape index (κ3) is 5.74. The second-order valence-electron chi connectivity index (χ2n) is 10.5. The Morgan fingerprint density at radius 3 is 2.59 bits per heavy atom. The van der Waals surface area contributed by atoms with Crippen LogP contribution in [-0.4, -0.2) is 86.9 Å². The largest absolute Gasteiger partial charge is 0.395 e. The fourth-order valence-electron chi connectivity index (χ4n) is 5.67. The lowest BCUT2D eigenvalue weighted by atomic mass is 9.73. The van der Waals surface area contributed by atoms with Gasteiger partial charge in [0.05, 0.1) is 37.4 Å². The fraction of sp³-hybridized carbons (Fsp3) is 0.464. The van der Waals surface area contributed by atoms with Crippen LogP contribution in [0.25, 0.3) is 5.65 Å².